The molecule has 1 aliphatic heterocycles. The maximum absolute atomic E-state index is 12.6. The molecule has 0 saturated carbocycles. The van der Waals surface area contributed by atoms with E-state index in [1.807, 2.05) is 31.2 Å². The lowest BCUT2D eigenvalue weighted by Crippen LogP contribution is -2.43. The van der Waals surface area contributed by atoms with E-state index in [1.54, 1.807) is 29.2 Å². The normalized spacial score (nSPS) is 16.0. The second-order valence-electron chi connectivity index (χ2n) is 5.46. The van der Waals surface area contributed by atoms with Crippen LogP contribution in [0.15, 0.2) is 48.5 Å². The average Bonchev–Trinajstić information content (AvgIpc) is 2.59. The quantitative estimate of drug-likeness (QED) is 0.881. The molecule has 1 amide bonds. The number of fused-ring (bicyclic) bond motifs is 1. The van der Waals surface area contributed by atoms with Crippen molar-refractivity contribution in [1.29, 1.82) is 0 Å². The van der Waals surface area contributed by atoms with Gasteiger partial charge in [-0.2, -0.15) is 0 Å². The molecule has 0 bridgehead atoms. The van der Waals surface area contributed by atoms with E-state index in [-0.39, 0.29) is 12.0 Å². The number of likely N-dealkylation sites (N-methyl/N-ethyl adjacent to an activating group) is 1. The predicted molar refractivity (Wildman–Crippen MR) is 88.8 cm³/mol. The van der Waals surface area contributed by atoms with Gasteiger partial charge in [-0.05, 0) is 43.3 Å². The Kier molecular flexibility index (Phi) is 4.37. The van der Waals surface area contributed by atoms with Crippen LogP contribution in [0.1, 0.15) is 17.3 Å². The number of benzene rings is 2. The van der Waals surface area contributed by atoms with Crippen LogP contribution in [-0.4, -0.2) is 36.6 Å². The summed E-state index contributed by atoms with van der Waals surface area (Å²) in [5, 5.41) is 0. The third-order valence-electron chi connectivity index (χ3n) is 3.82. The molecule has 2 aromatic rings. The van der Waals surface area contributed by atoms with Crippen LogP contribution in [-0.2, 0) is 0 Å². The maximum atomic E-state index is 12.6. The van der Waals surface area contributed by atoms with Crippen molar-refractivity contribution < 1.29 is 14.3 Å². The molecule has 2 N–H and O–H groups in total. The standard InChI is InChI=1S/C18H20N2O3/c1-2-20(18(21)13-7-9-14(19)10-8-13)11-15-12-22-16-5-3-4-6-17(16)23-15/h3-10,15H,2,11-12,19H2,1H3. The van der Waals surface area contributed by atoms with Crippen molar-refractivity contribution in [2.45, 2.75) is 13.0 Å². The van der Waals surface area contributed by atoms with Crippen LogP contribution >= 0.6 is 0 Å². The van der Waals surface area contributed by atoms with Crippen molar-refractivity contribution in [2.75, 3.05) is 25.4 Å². The molecule has 1 unspecified atom stereocenters. The minimum absolute atomic E-state index is 0.0324. The number of nitrogen functional groups attached to an aromatic ring is 1. The molecule has 0 saturated heterocycles. The first-order valence-electron chi connectivity index (χ1n) is 7.70. The largest absolute Gasteiger partial charge is 0.486 e. The van der Waals surface area contributed by atoms with E-state index >= 15 is 0 Å². The van der Waals surface area contributed by atoms with Gasteiger partial charge in [0.1, 0.15) is 6.61 Å². The minimum Gasteiger partial charge on any atom is -0.486 e. The molecule has 0 fully saturated rings. The highest BCUT2D eigenvalue weighted by Crippen LogP contribution is 2.31. The highest BCUT2D eigenvalue weighted by molar-refractivity contribution is 5.94. The summed E-state index contributed by atoms with van der Waals surface area (Å²) in [4.78, 5) is 14.4. The average molecular weight is 312 g/mol. The maximum Gasteiger partial charge on any atom is 0.253 e. The molecule has 1 aliphatic rings. The van der Waals surface area contributed by atoms with Crippen LogP contribution in [0.3, 0.4) is 0 Å². The Hall–Kier alpha value is -2.69. The molecule has 0 spiro atoms. The molecule has 0 aromatic heterocycles. The summed E-state index contributed by atoms with van der Waals surface area (Å²) >= 11 is 0. The molecule has 2 aromatic carbocycles. The smallest absolute Gasteiger partial charge is 0.253 e. The number of hydrogen-bond donors (Lipinski definition) is 1. The first-order valence-corrected chi connectivity index (χ1v) is 7.70. The third-order valence-corrected chi connectivity index (χ3v) is 3.82. The van der Waals surface area contributed by atoms with Crippen molar-refractivity contribution in [1.82, 2.24) is 4.90 Å². The van der Waals surface area contributed by atoms with Crippen LogP contribution in [0, 0.1) is 0 Å². The fourth-order valence-electron chi connectivity index (χ4n) is 2.56. The molecule has 1 heterocycles. The Morgan fingerprint density at radius 2 is 1.87 bits per heavy atom. The first-order chi connectivity index (χ1) is 11.2. The van der Waals surface area contributed by atoms with E-state index in [4.69, 9.17) is 15.2 Å². The van der Waals surface area contributed by atoms with Gasteiger partial charge >= 0.3 is 0 Å². The van der Waals surface area contributed by atoms with Crippen molar-refractivity contribution in [3.63, 3.8) is 0 Å². The lowest BCUT2D eigenvalue weighted by molar-refractivity contribution is 0.0475. The van der Waals surface area contributed by atoms with Crippen LogP contribution in [0.2, 0.25) is 0 Å². The molecular weight excluding hydrogens is 292 g/mol. The summed E-state index contributed by atoms with van der Waals surface area (Å²) in [5.41, 5.74) is 6.94. The fourth-order valence-corrected chi connectivity index (χ4v) is 2.56. The molecule has 0 radical (unpaired) electrons. The van der Waals surface area contributed by atoms with Crippen LogP contribution in [0.25, 0.3) is 0 Å². The topological polar surface area (TPSA) is 64.8 Å². The number of carbonyl (C=O) groups is 1. The van der Waals surface area contributed by atoms with Crippen molar-refractivity contribution in [3.8, 4) is 11.5 Å². The Labute approximate surface area is 135 Å². The Morgan fingerprint density at radius 1 is 1.17 bits per heavy atom. The Morgan fingerprint density at radius 3 is 2.57 bits per heavy atom. The van der Waals surface area contributed by atoms with Gasteiger partial charge in [0.15, 0.2) is 17.6 Å². The number of ether oxygens (including phenoxy) is 2. The molecule has 120 valence electrons. The van der Waals surface area contributed by atoms with E-state index in [0.29, 0.717) is 30.9 Å². The molecule has 1 atom stereocenters. The van der Waals surface area contributed by atoms with Gasteiger partial charge in [0.05, 0.1) is 6.54 Å². The van der Waals surface area contributed by atoms with Gasteiger partial charge in [-0.1, -0.05) is 12.1 Å². The second kappa shape index (κ2) is 6.60. The number of amides is 1. The van der Waals surface area contributed by atoms with E-state index in [9.17, 15) is 4.79 Å². The predicted octanol–water partition coefficient (Wildman–Crippen LogP) is 2.57. The second-order valence-corrected chi connectivity index (χ2v) is 5.46. The van der Waals surface area contributed by atoms with Gasteiger partial charge in [-0.3, -0.25) is 4.79 Å². The summed E-state index contributed by atoms with van der Waals surface area (Å²) in [6.45, 7) is 3.47. The highest BCUT2D eigenvalue weighted by Gasteiger charge is 2.25. The van der Waals surface area contributed by atoms with Crippen molar-refractivity contribution in [2.24, 2.45) is 0 Å². The fraction of sp³-hybridized carbons (Fsp3) is 0.278. The number of hydrogen-bond acceptors (Lipinski definition) is 4. The Bertz CT molecular complexity index is 685. The zero-order valence-electron chi connectivity index (χ0n) is 13.1. The number of anilines is 1. The van der Waals surface area contributed by atoms with Gasteiger partial charge in [-0.25, -0.2) is 0 Å². The molecule has 5 heteroatoms. The summed E-state index contributed by atoms with van der Waals surface area (Å²) in [5.74, 6) is 1.44. The van der Waals surface area contributed by atoms with Gasteiger partial charge in [-0.15, -0.1) is 0 Å². The molecule has 3 rings (SSSR count). The Balaban J connectivity index is 1.68. The monoisotopic (exact) mass is 312 g/mol. The highest BCUT2D eigenvalue weighted by atomic mass is 16.6. The summed E-state index contributed by atoms with van der Waals surface area (Å²) < 4.78 is 11.6. The van der Waals surface area contributed by atoms with E-state index < -0.39 is 0 Å². The van der Waals surface area contributed by atoms with Crippen molar-refractivity contribution in [3.05, 3.63) is 54.1 Å². The molecule has 5 nitrogen and oxygen atoms in total. The molecular formula is C18H20N2O3. The van der Waals surface area contributed by atoms with Gasteiger partial charge in [0.2, 0.25) is 0 Å². The first kappa shape index (κ1) is 15.2. The molecule has 23 heavy (non-hydrogen) atoms. The lowest BCUT2D eigenvalue weighted by Gasteiger charge is -2.31. The van der Waals surface area contributed by atoms with Gasteiger partial charge in [0, 0.05) is 17.8 Å². The van der Waals surface area contributed by atoms with E-state index in [2.05, 4.69) is 0 Å². The number of rotatable bonds is 4. The van der Waals surface area contributed by atoms with Crippen LogP contribution in [0.5, 0.6) is 11.5 Å². The zero-order chi connectivity index (χ0) is 16.2. The van der Waals surface area contributed by atoms with Gasteiger partial charge < -0.3 is 20.1 Å². The summed E-state index contributed by atoms with van der Waals surface area (Å²) in [7, 11) is 0. The van der Waals surface area contributed by atoms with Gasteiger partial charge in [0.25, 0.3) is 5.91 Å². The zero-order valence-corrected chi connectivity index (χ0v) is 13.1. The summed E-state index contributed by atoms with van der Waals surface area (Å²) in [6, 6.07) is 14.5. The van der Waals surface area contributed by atoms with E-state index in [0.717, 1.165) is 11.5 Å². The number of para-hydroxylation sites is 2. The lowest BCUT2D eigenvalue weighted by atomic mass is 10.1. The third kappa shape index (κ3) is 3.39. The number of carbonyl (C=O) groups excluding carboxylic acids is 1. The van der Waals surface area contributed by atoms with E-state index in [1.165, 1.54) is 0 Å². The SMILES string of the molecule is CCN(CC1COc2ccccc2O1)C(=O)c1ccc(N)cc1. The van der Waals surface area contributed by atoms with Crippen molar-refractivity contribution >= 4 is 11.6 Å². The number of nitrogens with zero attached hydrogens (tertiary/aromatic N) is 1. The molecule has 0 aliphatic carbocycles. The van der Waals surface area contributed by atoms with Crippen LogP contribution < -0.4 is 15.2 Å². The van der Waals surface area contributed by atoms with Crippen LogP contribution in [0.4, 0.5) is 5.69 Å². The minimum atomic E-state index is -0.178. The number of nitrogens with two attached hydrogens (primary N) is 1. The summed E-state index contributed by atoms with van der Waals surface area (Å²) in [6.07, 6.45) is -0.178.